The number of amides is 1. The Bertz CT molecular complexity index is 778. The van der Waals surface area contributed by atoms with Crippen molar-refractivity contribution in [1.82, 2.24) is 0 Å². The van der Waals surface area contributed by atoms with E-state index in [-0.39, 0.29) is 12.5 Å². The van der Waals surface area contributed by atoms with Gasteiger partial charge < -0.3 is 19.1 Å². The van der Waals surface area contributed by atoms with Gasteiger partial charge in [-0.3, -0.25) is 4.79 Å². The summed E-state index contributed by atoms with van der Waals surface area (Å²) < 4.78 is 16.1. The Morgan fingerprint density at radius 1 is 1.16 bits per heavy atom. The van der Waals surface area contributed by atoms with E-state index in [9.17, 15) is 4.79 Å². The number of fused-ring (bicyclic) bond motifs is 1. The van der Waals surface area contributed by atoms with Crippen LogP contribution in [0.25, 0.3) is 11.1 Å². The Kier molecular flexibility index (Phi) is 5.58. The highest BCUT2D eigenvalue weighted by Gasteiger charge is 2.23. The van der Waals surface area contributed by atoms with Gasteiger partial charge in [-0.05, 0) is 35.9 Å². The smallest absolute Gasteiger partial charge is 0.253 e. The van der Waals surface area contributed by atoms with Crippen molar-refractivity contribution in [1.29, 1.82) is 0 Å². The fourth-order valence-corrected chi connectivity index (χ4v) is 3.10. The van der Waals surface area contributed by atoms with Crippen LogP contribution in [-0.2, 0) is 20.9 Å². The van der Waals surface area contributed by atoms with Crippen LogP contribution < -0.4 is 9.64 Å². The topological polar surface area (TPSA) is 48.0 Å². The molecule has 1 aliphatic rings. The predicted octanol–water partition coefficient (Wildman–Crippen LogP) is 3.53. The molecule has 0 bridgehead atoms. The predicted molar refractivity (Wildman–Crippen MR) is 97.3 cm³/mol. The molecular weight excluding hydrogens is 342 g/mol. The zero-order chi connectivity index (χ0) is 17.8. The van der Waals surface area contributed by atoms with Crippen LogP contribution in [0, 0.1) is 0 Å². The van der Waals surface area contributed by atoms with Crippen molar-refractivity contribution in [2.24, 2.45) is 0 Å². The summed E-state index contributed by atoms with van der Waals surface area (Å²) in [4.78, 5) is 14.0. The van der Waals surface area contributed by atoms with Crippen LogP contribution in [0.3, 0.4) is 0 Å². The molecule has 0 aliphatic carbocycles. The highest BCUT2D eigenvalue weighted by molar-refractivity contribution is 6.31. The molecule has 25 heavy (non-hydrogen) atoms. The minimum Gasteiger partial charge on any atom is -0.496 e. The first-order valence-corrected chi connectivity index (χ1v) is 8.35. The van der Waals surface area contributed by atoms with E-state index in [0.29, 0.717) is 24.8 Å². The van der Waals surface area contributed by atoms with Crippen molar-refractivity contribution in [2.45, 2.75) is 6.61 Å². The largest absolute Gasteiger partial charge is 0.496 e. The molecule has 0 saturated heterocycles. The number of methoxy groups -OCH3 is 2. The van der Waals surface area contributed by atoms with Crippen molar-refractivity contribution < 1.29 is 19.0 Å². The third kappa shape index (κ3) is 3.79. The Labute approximate surface area is 152 Å². The molecule has 132 valence electrons. The second-order valence-corrected chi connectivity index (χ2v) is 6.16. The lowest BCUT2D eigenvalue weighted by Crippen LogP contribution is -2.35. The molecule has 0 saturated carbocycles. The van der Waals surface area contributed by atoms with Gasteiger partial charge in [-0.2, -0.15) is 0 Å². The van der Waals surface area contributed by atoms with E-state index in [1.165, 1.54) is 0 Å². The van der Waals surface area contributed by atoms with Gasteiger partial charge in [0, 0.05) is 35.5 Å². The number of anilines is 1. The van der Waals surface area contributed by atoms with E-state index in [1.807, 2.05) is 30.3 Å². The second-order valence-electron chi connectivity index (χ2n) is 5.72. The minimum absolute atomic E-state index is 0.0637. The molecule has 0 radical (unpaired) electrons. The summed E-state index contributed by atoms with van der Waals surface area (Å²) in [6, 6.07) is 11.4. The molecule has 1 amide bonds. The molecule has 1 aliphatic heterocycles. The van der Waals surface area contributed by atoms with Crippen LogP contribution in [0.15, 0.2) is 36.4 Å². The number of ether oxygens (including phenoxy) is 3. The highest BCUT2D eigenvalue weighted by atomic mass is 35.5. The van der Waals surface area contributed by atoms with Gasteiger partial charge in [-0.1, -0.05) is 17.7 Å². The number of hydrogen-bond acceptors (Lipinski definition) is 4. The van der Waals surface area contributed by atoms with Gasteiger partial charge in [0.1, 0.15) is 12.4 Å². The minimum atomic E-state index is -0.0658. The number of carbonyl (C=O) groups is 1. The number of carbonyl (C=O) groups excluding carboxylic acids is 1. The lowest BCUT2D eigenvalue weighted by Gasteiger charge is -2.22. The molecule has 0 unspecified atom stereocenters. The summed E-state index contributed by atoms with van der Waals surface area (Å²) in [5, 5.41) is 0.638. The van der Waals surface area contributed by atoms with Crippen molar-refractivity contribution in [3.05, 3.63) is 47.0 Å². The molecule has 0 aromatic heterocycles. The van der Waals surface area contributed by atoms with E-state index >= 15 is 0 Å². The molecule has 0 atom stereocenters. The van der Waals surface area contributed by atoms with Crippen LogP contribution in [-0.4, -0.2) is 39.9 Å². The molecule has 6 heteroatoms. The summed E-state index contributed by atoms with van der Waals surface area (Å²) >= 11 is 6.15. The van der Waals surface area contributed by atoms with Gasteiger partial charge in [0.25, 0.3) is 5.91 Å². The number of halogens is 1. The summed E-state index contributed by atoms with van der Waals surface area (Å²) in [7, 11) is 3.25. The van der Waals surface area contributed by atoms with Crippen LogP contribution in [0.4, 0.5) is 5.69 Å². The molecular formula is C19H20ClNO4. The van der Waals surface area contributed by atoms with Crippen LogP contribution in [0.2, 0.25) is 5.02 Å². The van der Waals surface area contributed by atoms with Gasteiger partial charge in [-0.25, -0.2) is 0 Å². The first kappa shape index (κ1) is 17.7. The standard InChI is InChI=1S/C19H20ClNO4/c1-23-8-7-21-17-5-3-13(9-14(17)11-25-12-19(21)22)16-10-15(20)4-6-18(16)24-2/h3-6,9-10H,7-8,11-12H2,1-2H3. The summed E-state index contributed by atoms with van der Waals surface area (Å²) in [5.74, 6) is 0.676. The second kappa shape index (κ2) is 7.87. The van der Waals surface area contributed by atoms with Crippen LogP contribution in [0.5, 0.6) is 5.75 Å². The van der Waals surface area contributed by atoms with E-state index in [2.05, 4.69) is 0 Å². The molecule has 3 rings (SSSR count). The third-order valence-electron chi connectivity index (χ3n) is 4.15. The Morgan fingerprint density at radius 3 is 2.76 bits per heavy atom. The van der Waals surface area contributed by atoms with E-state index in [0.717, 1.165) is 28.1 Å². The monoisotopic (exact) mass is 361 g/mol. The fraction of sp³-hybridized carbons (Fsp3) is 0.316. The van der Waals surface area contributed by atoms with Gasteiger partial charge in [0.05, 0.1) is 20.3 Å². The number of benzene rings is 2. The average Bonchev–Trinajstić information content (AvgIpc) is 2.77. The maximum Gasteiger partial charge on any atom is 0.253 e. The van der Waals surface area contributed by atoms with Gasteiger partial charge >= 0.3 is 0 Å². The molecule has 0 fully saturated rings. The van der Waals surface area contributed by atoms with Crippen molar-refractivity contribution in [3.8, 4) is 16.9 Å². The van der Waals surface area contributed by atoms with Crippen molar-refractivity contribution >= 4 is 23.2 Å². The summed E-state index contributed by atoms with van der Waals surface area (Å²) in [6.45, 7) is 1.40. The normalized spacial score (nSPS) is 14.2. The van der Waals surface area contributed by atoms with Crippen LogP contribution >= 0.6 is 11.6 Å². The lowest BCUT2D eigenvalue weighted by molar-refractivity contribution is -0.123. The molecule has 0 spiro atoms. The van der Waals surface area contributed by atoms with E-state index in [1.54, 1.807) is 25.2 Å². The van der Waals surface area contributed by atoms with Gasteiger partial charge in [0.2, 0.25) is 0 Å². The molecule has 1 heterocycles. The molecule has 0 N–H and O–H groups in total. The molecule has 5 nitrogen and oxygen atoms in total. The van der Waals surface area contributed by atoms with E-state index in [4.69, 9.17) is 25.8 Å². The SMILES string of the molecule is COCCN1C(=O)COCc2cc(-c3cc(Cl)ccc3OC)ccc21. The number of nitrogens with zero attached hydrogens (tertiary/aromatic N) is 1. The van der Waals surface area contributed by atoms with Crippen molar-refractivity contribution in [3.63, 3.8) is 0 Å². The lowest BCUT2D eigenvalue weighted by atomic mass is 10.0. The molecule has 2 aromatic carbocycles. The maximum absolute atomic E-state index is 12.3. The first-order valence-electron chi connectivity index (χ1n) is 7.98. The Balaban J connectivity index is 2.03. The summed E-state index contributed by atoms with van der Waals surface area (Å²) in [5.41, 5.74) is 3.66. The van der Waals surface area contributed by atoms with E-state index < -0.39 is 0 Å². The number of rotatable bonds is 5. The zero-order valence-electron chi connectivity index (χ0n) is 14.3. The average molecular weight is 362 g/mol. The Morgan fingerprint density at radius 2 is 2.00 bits per heavy atom. The zero-order valence-corrected chi connectivity index (χ0v) is 15.0. The summed E-state index contributed by atoms with van der Waals surface area (Å²) in [6.07, 6.45) is 0. The fourth-order valence-electron chi connectivity index (χ4n) is 2.93. The molecule has 2 aromatic rings. The maximum atomic E-state index is 12.3. The van der Waals surface area contributed by atoms with Crippen LogP contribution in [0.1, 0.15) is 5.56 Å². The number of hydrogen-bond donors (Lipinski definition) is 0. The quantitative estimate of drug-likeness (QED) is 0.817. The van der Waals surface area contributed by atoms with Gasteiger partial charge in [0.15, 0.2) is 0 Å². The third-order valence-corrected chi connectivity index (χ3v) is 4.38. The Hall–Kier alpha value is -2.08. The first-order chi connectivity index (χ1) is 12.1. The van der Waals surface area contributed by atoms with Crippen molar-refractivity contribution in [2.75, 3.05) is 38.9 Å². The highest BCUT2D eigenvalue weighted by Crippen LogP contribution is 2.36. The van der Waals surface area contributed by atoms with Gasteiger partial charge in [-0.15, -0.1) is 0 Å².